The number of carbonyl (C=O) groups is 1. The summed E-state index contributed by atoms with van der Waals surface area (Å²) in [5.41, 5.74) is 1.86. The number of fused-ring (bicyclic) bond motifs is 1. The lowest BCUT2D eigenvalue weighted by Crippen LogP contribution is -2.25. The fourth-order valence-corrected chi connectivity index (χ4v) is 1.77. The van der Waals surface area contributed by atoms with E-state index in [4.69, 9.17) is 13.9 Å². The molecular formula is C16H18O4. The summed E-state index contributed by atoms with van der Waals surface area (Å²) in [6, 6.07) is 1.86. The number of allylic oxidation sites excluding steroid dienone is 1. The van der Waals surface area contributed by atoms with Gasteiger partial charge in [-0.25, -0.2) is 4.79 Å². The van der Waals surface area contributed by atoms with E-state index >= 15 is 0 Å². The minimum atomic E-state index is -0.361. The van der Waals surface area contributed by atoms with Gasteiger partial charge in [-0.2, -0.15) is 0 Å². The van der Waals surface area contributed by atoms with Crippen molar-refractivity contribution in [1.82, 2.24) is 0 Å². The quantitative estimate of drug-likeness (QED) is 0.621. The third-order valence-electron chi connectivity index (χ3n) is 2.80. The molecule has 0 fully saturated rings. The minimum absolute atomic E-state index is 0.185. The zero-order valence-corrected chi connectivity index (χ0v) is 11.7. The highest BCUT2D eigenvalue weighted by atomic mass is 16.5. The van der Waals surface area contributed by atoms with E-state index in [1.165, 1.54) is 11.6 Å². The average molecular weight is 274 g/mol. The normalized spacial score (nSPS) is 20.9. The maximum absolute atomic E-state index is 11.3. The van der Waals surface area contributed by atoms with E-state index in [0.717, 1.165) is 11.0 Å². The Hall–Kier alpha value is -2.23. The van der Waals surface area contributed by atoms with Crippen LogP contribution in [0.1, 0.15) is 20.3 Å². The maximum Gasteiger partial charge on any atom is 0.330 e. The molecule has 0 amide bonds. The van der Waals surface area contributed by atoms with Gasteiger partial charge in [0.2, 0.25) is 0 Å². The fraction of sp³-hybridized carbons (Fsp3) is 0.312. The van der Waals surface area contributed by atoms with E-state index in [-0.39, 0.29) is 12.6 Å². The van der Waals surface area contributed by atoms with Gasteiger partial charge >= 0.3 is 5.97 Å². The number of furan rings is 1. The van der Waals surface area contributed by atoms with E-state index in [1.54, 1.807) is 18.4 Å². The monoisotopic (exact) mass is 274 g/mol. The molecule has 1 aliphatic rings. The van der Waals surface area contributed by atoms with Crippen molar-refractivity contribution in [3.05, 3.63) is 46.8 Å². The van der Waals surface area contributed by atoms with Crippen molar-refractivity contribution in [2.75, 3.05) is 13.2 Å². The summed E-state index contributed by atoms with van der Waals surface area (Å²) in [6.45, 7) is 4.73. The zero-order valence-electron chi connectivity index (χ0n) is 11.7. The second kappa shape index (κ2) is 6.80. The first-order chi connectivity index (χ1) is 9.66. The van der Waals surface area contributed by atoms with Crippen LogP contribution in [0.15, 0.2) is 40.5 Å². The molecule has 20 heavy (non-hydrogen) atoms. The second-order valence-corrected chi connectivity index (χ2v) is 4.65. The number of cyclic esters (lactones) is 1. The molecule has 4 heteroatoms. The van der Waals surface area contributed by atoms with E-state index in [1.807, 2.05) is 26.0 Å². The van der Waals surface area contributed by atoms with Gasteiger partial charge in [0.1, 0.15) is 24.4 Å². The highest BCUT2D eigenvalue weighted by Crippen LogP contribution is 2.06. The average Bonchev–Trinajstić information content (AvgIpc) is 2.85. The first kappa shape index (κ1) is 14.2. The highest BCUT2D eigenvalue weighted by molar-refractivity contribution is 5.82. The lowest BCUT2D eigenvalue weighted by atomic mass is 10.2. The Balaban J connectivity index is 2.36. The topological polar surface area (TPSA) is 48.7 Å². The van der Waals surface area contributed by atoms with Crippen molar-refractivity contribution in [2.45, 2.75) is 20.3 Å². The van der Waals surface area contributed by atoms with Crippen LogP contribution >= 0.6 is 0 Å². The van der Waals surface area contributed by atoms with Crippen LogP contribution in [0.2, 0.25) is 0 Å². The summed E-state index contributed by atoms with van der Waals surface area (Å²) in [7, 11) is 0. The Morgan fingerprint density at radius 3 is 3.10 bits per heavy atom. The number of rotatable bonds is 3. The molecule has 2 rings (SSSR count). The molecule has 0 aromatic carbocycles. The Morgan fingerprint density at radius 1 is 1.45 bits per heavy atom. The van der Waals surface area contributed by atoms with Gasteiger partial charge in [-0.15, -0.1) is 0 Å². The Bertz CT molecular complexity index is 642. The number of hydrogen-bond donors (Lipinski definition) is 0. The molecule has 0 spiro atoms. The van der Waals surface area contributed by atoms with Crippen LogP contribution in [0.5, 0.6) is 0 Å². The predicted octanol–water partition coefficient (Wildman–Crippen LogP) is 1.65. The van der Waals surface area contributed by atoms with Crippen LogP contribution in [-0.2, 0) is 14.3 Å². The van der Waals surface area contributed by atoms with Crippen LogP contribution in [0.3, 0.4) is 0 Å². The summed E-state index contributed by atoms with van der Waals surface area (Å²) < 4.78 is 16.2. The van der Waals surface area contributed by atoms with Gasteiger partial charge in [-0.05, 0) is 32.1 Å². The van der Waals surface area contributed by atoms with Crippen molar-refractivity contribution in [3.8, 4) is 0 Å². The predicted molar refractivity (Wildman–Crippen MR) is 75.9 cm³/mol. The highest BCUT2D eigenvalue weighted by Gasteiger charge is 2.04. The Labute approximate surface area is 117 Å². The third-order valence-corrected chi connectivity index (χ3v) is 2.80. The number of hydrogen-bond acceptors (Lipinski definition) is 4. The standard InChI is InChI=1S/C16H18O4/c1-12(2)6-9-18-14-4-3-5-16(17)20-11-8-15-13(14)7-10-19-15/h3,5-8,10H,4,9,11H2,1-2H3/b5-3-,14-13+,15-8+. The Kier molecular flexibility index (Phi) is 4.82. The molecule has 0 saturated heterocycles. The molecule has 0 radical (unpaired) electrons. The molecule has 0 bridgehead atoms. The van der Waals surface area contributed by atoms with Crippen molar-refractivity contribution >= 4 is 17.8 Å². The van der Waals surface area contributed by atoms with Crippen molar-refractivity contribution in [2.24, 2.45) is 0 Å². The lowest BCUT2D eigenvalue weighted by Gasteiger charge is -2.07. The van der Waals surface area contributed by atoms with E-state index in [9.17, 15) is 4.79 Å². The number of carbonyl (C=O) groups excluding carboxylic acids is 1. The molecule has 1 aromatic rings. The van der Waals surface area contributed by atoms with Gasteiger partial charge in [0.05, 0.1) is 11.5 Å². The maximum atomic E-state index is 11.3. The summed E-state index contributed by atoms with van der Waals surface area (Å²) in [5, 5.41) is 0.898. The number of esters is 1. The molecule has 1 aromatic heterocycles. The van der Waals surface area contributed by atoms with E-state index in [0.29, 0.717) is 18.4 Å². The summed E-state index contributed by atoms with van der Waals surface area (Å²) in [5.74, 6) is 0.424. The van der Waals surface area contributed by atoms with Crippen LogP contribution < -0.4 is 10.6 Å². The van der Waals surface area contributed by atoms with Crippen LogP contribution in [0.4, 0.5) is 0 Å². The van der Waals surface area contributed by atoms with Gasteiger partial charge in [-0.3, -0.25) is 0 Å². The van der Waals surface area contributed by atoms with Crippen LogP contribution in [-0.4, -0.2) is 19.2 Å². The Morgan fingerprint density at radius 2 is 2.30 bits per heavy atom. The molecule has 106 valence electrons. The SMILES string of the molecule is CC(C)=CCO/C1=c2\cco\c2=C\COC(=O)/C=C\C1. The molecule has 2 heterocycles. The summed E-state index contributed by atoms with van der Waals surface area (Å²) in [6.07, 6.45) is 9.02. The number of ether oxygens (including phenoxy) is 2. The molecule has 0 N–H and O–H groups in total. The van der Waals surface area contributed by atoms with E-state index < -0.39 is 0 Å². The van der Waals surface area contributed by atoms with Crippen LogP contribution in [0.25, 0.3) is 11.8 Å². The molecule has 4 nitrogen and oxygen atoms in total. The van der Waals surface area contributed by atoms with Gasteiger partial charge in [0.15, 0.2) is 0 Å². The first-order valence-corrected chi connectivity index (χ1v) is 6.53. The van der Waals surface area contributed by atoms with Crippen LogP contribution in [0, 0.1) is 0 Å². The molecule has 1 aliphatic heterocycles. The van der Waals surface area contributed by atoms with Gasteiger partial charge < -0.3 is 13.9 Å². The zero-order chi connectivity index (χ0) is 14.4. The first-order valence-electron chi connectivity index (χ1n) is 6.53. The second-order valence-electron chi connectivity index (χ2n) is 4.65. The molecule has 0 saturated carbocycles. The lowest BCUT2D eigenvalue weighted by molar-refractivity contribution is -0.136. The summed E-state index contributed by atoms with van der Waals surface area (Å²) >= 11 is 0. The third kappa shape index (κ3) is 3.88. The van der Waals surface area contributed by atoms with Crippen molar-refractivity contribution in [1.29, 1.82) is 0 Å². The molecule has 0 aliphatic carbocycles. The molecular weight excluding hydrogens is 256 g/mol. The van der Waals surface area contributed by atoms with Gasteiger partial charge in [0, 0.05) is 12.5 Å². The fourth-order valence-electron chi connectivity index (χ4n) is 1.77. The molecule has 0 atom stereocenters. The van der Waals surface area contributed by atoms with Gasteiger partial charge in [-0.1, -0.05) is 11.6 Å². The largest absolute Gasteiger partial charge is 0.493 e. The minimum Gasteiger partial charge on any atom is -0.493 e. The van der Waals surface area contributed by atoms with Gasteiger partial charge in [0.25, 0.3) is 0 Å². The van der Waals surface area contributed by atoms with Crippen molar-refractivity contribution < 1.29 is 18.7 Å². The summed E-state index contributed by atoms with van der Waals surface area (Å²) in [4.78, 5) is 11.3. The van der Waals surface area contributed by atoms with E-state index in [2.05, 4.69) is 0 Å². The van der Waals surface area contributed by atoms with Crippen molar-refractivity contribution in [3.63, 3.8) is 0 Å². The smallest absolute Gasteiger partial charge is 0.330 e. The molecule has 0 unspecified atom stereocenters.